The number of aryl methyl sites for hydroxylation is 1. The number of hydrogen-bond acceptors (Lipinski definition) is 5. The van der Waals surface area contributed by atoms with Crippen LogP contribution in [0.3, 0.4) is 0 Å². The summed E-state index contributed by atoms with van der Waals surface area (Å²) in [5, 5.41) is 1.05. The van der Waals surface area contributed by atoms with E-state index in [9.17, 15) is 4.79 Å². The fraction of sp³-hybridized carbons (Fsp3) is 0.308. The summed E-state index contributed by atoms with van der Waals surface area (Å²) in [4.78, 5) is 24.7. The molecule has 1 aromatic carbocycles. The molecule has 0 spiro atoms. The summed E-state index contributed by atoms with van der Waals surface area (Å²) in [7, 11) is 0. The Morgan fingerprint density at radius 3 is 2.94 bits per heavy atom. The predicted octanol–water partition coefficient (Wildman–Crippen LogP) is 4.46. The molecule has 0 unspecified atom stereocenters. The van der Waals surface area contributed by atoms with Crippen LogP contribution in [-0.4, -0.2) is 57.8 Å². The summed E-state index contributed by atoms with van der Waals surface area (Å²) < 4.78 is 1.15. The highest BCUT2D eigenvalue weighted by Gasteiger charge is 2.32. The number of benzene rings is 1. The maximum Gasteiger partial charge on any atom is 0.255 e. The average molecular weight is 443 g/mol. The molecule has 0 aliphatic carbocycles. The molecule has 1 aromatic heterocycles. The Morgan fingerprint density at radius 2 is 2.00 bits per heavy atom. The minimum absolute atomic E-state index is 0.0162. The highest BCUT2D eigenvalue weighted by Crippen LogP contribution is 2.30. The lowest BCUT2D eigenvalue weighted by Crippen LogP contribution is -2.49. The van der Waals surface area contributed by atoms with E-state index in [1.807, 2.05) is 37.4 Å². The molecule has 2 aromatic rings. The van der Waals surface area contributed by atoms with Crippen molar-refractivity contribution in [2.45, 2.75) is 25.8 Å². The third-order valence-corrected chi connectivity index (χ3v) is 7.74. The van der Waals surface area contributed by atoms with Gasteiger partial charge in [0.15, 0.2) is 0 Å². The normalized spacial score (nSPS) is 27.7. The number of amides is 1. The van der Waals surface area contributed by atoms with Gasteiger partial charge in [0.2, 0.25) is 0 Å². The minimum atomic E-state index is -0.0162. The van der Waals surface area contributed by atoms with Crippen molar-refractivity contribution >= 4 is 33.0 Å². The number of fused-ring (bicyclic) bond motifs is 3. The first-order chi connectivity index (χ1) is 15.6. The van der Waals surface area contributed by atoms with Crippen LogP contribution in [0.5, 0.6) is 0 Å². The van der Waals surface area contributed by atoms with Crippen LogP contribution in [0.2, 0.25) is 0 Å². The zero-order valence-electron chi connectivity index (χ0n) is 18.2. The van der Waals surface area contributed by atoms with Crippen LogP contribution in [0.1, 0.15) is 23.4 Å². The van der Waals surface area contributed by atoms with Gasteiger partial charge in [0.25, 0.3) is 5.91 Å². The molecule has 0 saturated carbocycles. The molecule has 6 heteroatoms. The SMILES string of the molecule is Cc1nc2ccc(C3=C\C(=O)N4C=C(N5CCN6CCC[C@@H]6C5)C=C\C4=C/C=C/3)cc2s1. The lowest BCUT2D eigenvalue weighted by Gasteiger charge is -2.40. The molecule has 1 amide bonds. The van der Waals surface area contributed by atoms with Crippen LogP contribution in [0.15, 0.2) is 72.2 Å². The van der Waals surface area contributed by atoms with E-state index in [1.165, 1.54) is 19.4 Å². The van der Waals surface area contributed by atoms with Gasteiger partial charge in [-0.25, -0.2) is 4.98 Å². The lowest BCUT2D eigenvalue weighted by molar-refractivity contribution is -0.122. The summed E-state index contributed by atoms with van der Waals surface area (Å²) in [6, 6.07) is 6.87. The fourth-order valence-electron chi connectivity index (χ4n) is 5.14. The molecule has 2 saturated heterocycles. The number of allylic oxidation sites excluding steroid dienone is 6. The average Bonchev–Trinajstić information content (AvgIpc) is 3.41. The molecule has 0 radical (unpaired) electrons. The fourth-order valence-corrected chi connectivity index (χ4v) is 6.01. The Labute approximate surface area is 192 Å². The molecular weight excluding hydrogens is 416 g/mol. The molecule has 32 heavy (non-hydrogen) atoms. The molecule has 4 aliphatic rings. The van der Waals surface area contributed by atoms with Crippen molar-refractivity contribution in [1.82, 2.24) is 19.7 Å². The molecule has 0 bridgehead atoms. The Bertz CT molecular complexity index is 1250. The largest absolute Gasteiger partial charge is 0.367 e. The monoisotopic (exact) mass is 442 g/mol. The Balaban J connectivity index is 1.29. The number of hydrogen-bond donors (Lipinski definition) is 0. The van der Waals surface area contributed by atoms with Gasteiger partial charge in [0.1, 0.15) is 0 Å². The number of thiazole rings is 1. The quantitative estimate of drug-likeness (QED) is 0.688. The second-order valence-corrected chi connectivity index (χ2v) is 10.1. The van der Waals surface area contributed by atoms with E-state index in [0.717, 1.165) is 57.4 Å². The highest BCUT2D eigenvalue weighted by atomic mass is 32.1. The van der Waals surface area contributed by atoms with Crippen LogP contribution in [0.4, 0.5) is 0 Å². The topological polar surface area (TPSA) is 39.7 Å². The zero-order chi connectivity index (χ0) is 21.7. The Hall–Kier alpha value is -2.96. The van der Waals surface area contributed by atoms with Crippen LogP contribution >= 0.6 is 11.3 Å². The third-order valence-electron chi connectivity index (χ3n) is 6.80. The molecule has 1 atom stereocenters. The number of carbonyl (C=O) groups is 1. The number of rotatable bonds is 2. The van der Waals surface area contributed by atoms with Crippen molar-refractivity contribution < 1.29 is 4.79 Å². The van der Waals surface area contributed by atoms with Crippen LogP contribution in [-0.2, 0) is 4.79 Å². The summed E-state index contributed by atoms with van der Waals surface area (Å²) in [6.07, 6.45) is 16.6. The van der Waals surface area contributed by atoms with Gasteiger partial charge in [-0.3, -0.25) is 14.6 Å². The van der Waals surface area contributed by atoms with Gasteiger partial charge in [-0.2, -0.15) is 0 Å². The minimum Gasteiger partial charge on any atom is -0.367 e. The lowest BCUT2D eigenvalue weighted by atomic mass is 10.0. The standard InChI is InChI=1S/C26H26N4OS/c1-18-27-24-10-7-20(14-25(24)32-18)19-4-2-5-21-8-9-23(17-30(21)26(31)15-19)29-13-12-28-11-3-6-22(28)16-29/h2,4-5,7-10,14-15,17,22H,3,6,11-13,16H2,1H3/b4-2+,19-15+,21-5+/t22-/m1/s1. The van der Waals surface area contributed by atoms with Gasteiger partial charge in [0.05, 0.1) is 20.9 Å². The molecule has 6 rings (SSSR count). The van der Waals surface area contributed by atoms with Crippen molar-refractivity contribution in [3.8, 4) is 0 Å². The van der Waals surface area contributed by atoms with E-state index in [0.29, 0.717) is 6.04 Å². The van der Waals surface area contributed by atoms with Crippen molar-refractivity contribution in [3.63, 3.8) is 0 Å². The van der Waals surface area contributed by atoms with Gasteiger partial charge < -0.3 is 4.90 Å². The summed E-state index contributed by atoms with van der Waals surface area (Å²) >= 11 is 1.68. The predicted molar refractivity (Wildman–Crippen MR) is 130 cm³/mol. The van der Waals surface area contributed by atoms with Gasteiger partial charge in [-0.15, -0.1) is 11.3 Å². The maximum atomic E-state index is 13.3. The van der Waals surface area contributed by atoms with Crippen LogP contribution in [0.25, 0.3) is 15.8 Å². The second kappa shape index (κ2) is 7.87. The zero-order valence-corrected chi connectivity index (χ0v) is 19.0. The molecular formula is C26H26N4OS. The van der Waals surface area contributed by atoms with E-state index in [4.69, 9.17) is 0 Å². The molecule has 2 fully saturated rings. The smallest absolute Gasteiger partial charge is 0.255 e. The molecule has 5 nitrogen and oxygen atoms in total. The molecule has 162 valence electrons. The number of aromatic nitrogens is 1. The van der Waals surface area contributed by atoms with E-state index < -0.39 is 0 Å². The Kier molecular flexibility index (Phi) is 4.85. The summed E-state index contributed by atoms with van der Waals surface area (Å²) in [6.45, 7) is 6.43. The van der Waals surface area contributed by atoms with Gasteiger partial charge in [0, 0.05) is 43.6 Å². The Morgan fingerprint density at radius 1 is 1.09 bits per heavy atom. The first kappa shape index (κ1) is 19.7. The van der Waals surface area contributed by atoms with Gasteiger partial charge in [-0.1, -0.05) is 18.2 Å². The van der Waals surface area contributed by atoms with Crippen molar-refractivity contribution in [2.24, 2.45) is 0 Å². The number of nitrogens with zero attached hydrogens (tertiary/aromatic N) is 4. The van der Waals surface area contributed by atoms with Gasteiger partial charge >= 0.3 is 0 Å². The van der Waals surface area contributed by atoms with Crippen molar-refractivity contribution in [2.75, 3.05) is 26.2 Å². The number of carbonyl (C=O) groups excluding carboxylic acids is 1. The maximum absolute atomic E-state index is 13.3. The highest BCUT2D eigenvalue weighted by molar-refractivity contribution is 7.18. The number of piperazine rings is 1. The van der Waals surface area contributed by atoms with E-state index in [1.54, 1.807) is 22.3 Å². The molecule has 5 heterocycles. The second-order valence-electron chi connectivity index (χ2n) is 8.84. The van der Waals surface area contributed by atoms with Crippen LogP contribution in [0, 0.1) is 6.92 Å². The van der Waals surface area contributed by atoms with Crippen LogP contribution < -0.4 is 0 Å². The van der Waals surface area contributed by atoms with E-state index in [2.05, 4.69) is 39.1 Å². The molecule has 0 N–H and O–H groups in total. The summed E-state index contributed by atoms with van der Waals surface area (Å²) in [5.41, 5.74) is 5.00. The molecule has 4 aliphatic heterocycles. The van der Waals surface area contributed by atoms with Crippen molar-refractivity contribution in [1.29, 1.82) is 0 Å². The summed E-state index contributed by atoms with van der Waals surface area (Å²) in [5.74, 6) is -0.0162. The third kappa shape index (κ3) is 3.53. The first-order valence-electron chi connectivity index (χ1n) is 11.3. The van der Waals surface area contributed by atoms with Crippen molar-refractivity contribution in [3.05, 3.63) is 82.8 Å². The van der Waals surface area contributed by atoms with E-state index in [-0.39, 0.29) is 5.91 Å². The van der Waals surface area contributed by atoms with E-state index >= 15 is 0 Å². The van der Waals surface area contributed by atoms with Gasteiger partial charge in [-0.05, 0) is 67.8 Å². The first-order valence-corrected chi connectivity index (χ1v) is 12.2.